The minimum atomic E-state index is 0.0982. The maximum absolute atomic E-state index is 12.5. The van der Waals surface area contributed by atoms with E-state index in [-0.39, 0.29) is 5.78 Å². The van der Waals surface area contributed by atoms with E-state index < -0.39 is 0 Å². The Hall–Kier alpha value is -2.35. The zero-order valence-corrected chi connectivity index (χ0v) is 12.6. The fourth-order valence-corrected chi connectivity index (χ4v) is 2.68. The number of hydrogen-bond acceptors (Lipinski definition) is 2. The fourth-order valence-electron chi connectivity index (χ4n) is 2.68. The van der Waals surface area contributed by atoms with Crippen LogP contribution in [0.1, 0.15) is 41.3 Å². The Labute approximate surface area is 125 Å². The molecular formula is C19H19NO. The summed E-state index contributed by atoms with van der Waals surface area (Å²) < 4.78 is 0. The van der Waals surface area contributed by atoms with Gasteiger partial charge in [0.25, 0.3) is 0 Å². The van der Waals surface area contributed by atoms with Crippen LogP contribution in [-0.2, 0) is 0 Å². The Kier molecular flexibility index (Phi) is 3.38. The van der Waals surface area contributed by atoms with Gasteiger partial charge in [-0.25, -0.2) is 0 Å². The second-order valence-corrected chi connectivity index (χ2v) is 5.76. The van der Waals surface area contributed by atoms with Crippen LogP contribution < -0.4 is 4.90 Å². The van der Waals surface area contributed by atoms with Gasteiger partial charge in [0.2, 0.25) is 5.78 Å². The van der Waals surface area contributed by atoms with E-state index in [9.17, 15) is 4.79 Å². The van der Waals surface area contributed by atoms with Crippen LogP contribution in [0.15, 0.2) is 54.2 Å². The highest BCUT2D eigenvalue weighted by atomic mass is 16.1. The molecule has 0 radical (unpaired) electrons. The topological polar surface area (TPSA) is 20.3 Å². The second kappa shape index (κ2) is 5.21. The summed E-state index contributed by atoms with van der Waals surface area (Å²) in [6.45, 7) is 4.36. The lowest BCUT2D eigenvalue weighted by Crippen LogP contribution is -2.13. The molecule has 0 saturated carbocycles. The number of ketones is 1. The SMILES string of the molecule is CC(C)c1ccc(/C=C2\C(=O)c3ccccc3N2C)cc1. The molecule has 0 fully saturated rings. The third-order valence-electron chi connectivity index (χ3n) is 4.01. The van der Waals surface area contributed by atoms with Crippen molar-refractivity contribution in [3.8, 4) is 0 Å². The van der Waals surface area contributed by atoms with Crippen LogP contribution in [0.25, 0.3) is 6.08 Å². The van der Waals surface area contributed by atoms with Crippen LogP contribution >= 0.6 is 0 Å². The summed E-state index contributed by atoms with van der Waals surface area (Å²) >= 11 is 0. The van der Waals surface area contributed by atoms with Gasteiger partial charge >= 0.3 is 0 Å². The molecule has 106 valence electrons. The first-order valence-electron chi connectivity index (χ1n) is 7.27. The molecule has 2 aromatic carbocycles. The minimum absolute atomic E-state index is 0.0982. The predicted octanol–water partition coefficient (Wildman–Crippen LogP) is 4.48. The fraction of sp³-hybridized carbons (Fsp3) is 0.211. The number of benzene rings is 2. The van der Waals surface area contributed by atoms with Gasteiger partial charge in [0, 0.05) is 12.6 Å². The molecule has 0 aliphatic carbocycles. The van der Waals surface area contributed by atoms with Crippen molar-refractivity contribution < 1.29 is 4.79 Å². The number of para-hydroxylation sites is 1. The van der Waals surface area contributed by atoms with Crippen LogP contribution in [0.4, 0.5) is 5.69 Å². The zero-order valence-electron chi connectivity index (χ0n) is 12.6. The largest absolute Gasteiger partial charge is 0.341 e. The highest BCUT2D eigenvalue weighted by molar-refractivity contribution is 6.21. The maximum atomic E-state index is 12.5. The van der Waals surface area contributed by atoms with Gasteiger partial charge in [-0.15, -0.1) is 0 Å². The number of carbonyl (C=O) groups is 1. The standard InChI is InChI=1S/C19H19NO/c1-13(2)15-10-8-14(9-11-15)12-18-19(21)16-6-4-5-7-17(16)20(18)3/h4-13H,1-3H3/b18-12+. The number of Topliss-reactive ketones (excluding diaryl/α,β-unsaturated/α-hetero) is 1. The molecule has 0 bridgehead atoms. The van der Waals surface area contributed by atoms with Crippen molar-refractivity contribution in [1.82, 2.24) is 0 Å². The molecule has 0 unspecified atom stereocenters. The Morgan fingerprint density at radius 1 is 1.00 bits per heavy atom. The van der Waals surface area contributed by atoms with E-state index in [0.29, 0.717) is 5.92 Å². The van der Waals surface area contributed by atoms with Crippen molar-refractivity contribution >= 4 is 17.5 Å². The molecular weight excluding hydrogens is 258 g/mol. The third kappa shape index (κ3) is 2.38. The van der Waals surface area contributed by atoms with Gasteiger partial charge in [-0.3, -0.25) is 4.79 Å². The van der Waals surface area contributed by atoms with Crippen molar-refractivity contribution in [2.75, 3.05) is 11.9 Å². The van der Waals surface area contributed by atoms with E-state index in [4.69, 9.17) is 0 Å². The summed E-state index contributed by atoms with van der Waals surface area (Å²) in [5.74, 6) is 0.618. The van der Waals surface area contributed by atoms with Crippen molar-refractivity contribution in [1.29, 1.82) is 0 Å². The van der Waals surface area contributed by atoms with Gasteiger partial charge in [0.05, 0.1) is 11.4 Å². The molecule has 2 heteroatoms. The molecule has 2 nitrogen and oxygen atoms in total. The minimum Gasteiger partial charge on any atom is -0.341 e. The summed E-state index contributed by atoms with van der Waals surface area (Å²) in [7, 11) is 1.94. The van der Waals surface area contributed by atoms with Gasteiger partial charge in [0.15, 0.2) is 0 Å². The van der Waals surface area contributed by atoms with Gasteiger partial charge in [-0.1, -0.05) is 50.2 Å². The number of nitrogens with zero attached hydrogens (tertiary/aromatic N) is 1. The van der Waals surface area contributed by atoms with E-state index in [0.717, 1.165) is 22.5 Å². The van der Waals surface area contributed by atoms with E-state index in [1.54, 1.807) is 0 Å². The lowest BCUT2D eigenvalue weighted by atomic mass is 10.0. The molecule has 1 aliphatic heterocycles. The molecule has 1 heterocycles. The molecule has 3 rings (SSSR count). The lowest BCUT2D eigenvalue weighted by Gasteiger charge is -2.13. The third-order valence-corrected chi connectivity index (χ3v) is 4.01. The Morgan fingerprint density at radius 3 is 2.29 bits per heavy atom. The van der Waals surface area contributed by atoms with Crippen molar-refractivity contribution in [3.05, 3.63) is 70.9 Å². The van der Waals surface area contributed by atoms with E-state index in [2.05, 4.69) is 38.1 Å². The van der Waals surface area contributed by atoms with Crippen molar-refractivity contribution in [3.63, 3.8) is 0 Å². The molecule has 1 aliphatic rings. The Morgan fingerprint density at radius 2 is 1.67 bits per heavy atom. The van der Waals surface area contributed by atoms with Gasteiger partial charge in [0.1, 0.15) is 0 Å². The lowest BCUT2D eigenvalue weighted by molar-refractivity contribution is 0.104. The average molecular weight is 277 g/mol. The Bertz CT molecular complexity index is 711. The predicted molar refractivity (Wildman–Crippen MR) is 87.7 cm³/mol. The molecule has 0 saturated heterocycles. The smallest absolute Gasteiger partial charge is 0.211 e. The van der Waals surface area contributed by atoms with E-state index in [1.807, 2.05) is 42.3 Å². The molecule has 0 spiro atoms. The van der Waals surface area contributed by atoms with Gasteiger partial charge in [-0.2, -0.15) is 0 Å². The summed E-state index contributed by atoms with van der Waals surface area (Å²) in [5.41, 5.74) is 4.86. The van der Waals surface area contributed by atoms with E-state index in [1.165, 1.54) is 5.56 Å². The van der Waals surface area contributed by atoms with Crippen LogP contribution in [0.5, 0.6) is 0 Å². The number of likely N-dealkylation sites (N-methyl/N-ethyl adjacent to an activating group) is 1. The average Bonchev–Trinajstić information content (AvgIpc) is 2.73. The van der Waals surface area contributed by atoms with Crippen LogP contribution in [0.2, 0.25) is 0 Å². The van der Waals surface area contributed by atoms with Crippen molar-refractivity contribution in [2.24, 2.45) is 0 Å². The number of anilines is 1. The zero-order chi connectivity index (χ0) is 15.0. The number of carbonyl (C=O) groups excluding carboxylic acids is 1. The summed E-state index contributed by atoms with van der Waals surface area (Å²) in [6.07, 6.45) is 1.96. The monoisotopic (exact) mass is 277 g/mol. The highest BCUT2D eigenvalue weighted by Crippen LogP contribution is 2.33. The Balaban J connectivity index is 1.96. The second-order valence-electron chi connectivity index (χ2n) is 5.76. The normalized spacial score (nSPS) is 15.9. The van der Waals surface area contributed by atoms with Gasteiger partial charge in [-0.05, 0) is 35.3 Å². The molecule has 2 aromatic rings. The first-order valence-corrected chi connectivity index (χ1v) is 7.27. The van der Waals surface area contributed by atoms with Crippen LogP contribution in [0, 0.1) is 0 Å². The number of fused-ring (bicyclic) bond motifs is 1. The summed E-state index contributed by atoms with van der Waals surface area (Å²) in [6, 6.07) is 16.1. The van der Waals surface area contributed by atoms with Crippen LogP contribution in [-0.4, -0.2) is 12.8 Å². The maximum Gasteiger partial charge on any atom is 0.211 e. The first-order chi connectivity index (χ1) is 10.1. The summed E-state index contributed by atoms with van der Waals surface area (Å²) in [4.78, 5) is 14.4. The van der Waals surface area contributed by atoms with Crippen LogP contribution in [0.3, 0.4) is 0 Å². The quantitative estimate of drug-likeness (QED) is 0.754. The molecule has 0 amide bonds. The molecule has 0 aromatic heterocycles. The number of hydrogen-bond donors (Lipinski definition) is 0. The molecule has 21 heavy (non-hydrogen) atoms. The molecule has 0 atom stereocenters. The van der Waals surface area contributed by atoms with Gasteiger partial charge < -0.3 is 4.90 Å². The molecule has 0 N–H and O–H groups in total. The number of allylic oxidation sites excluding steroid dienone is 1. The first kappa shape index (κ1) is 13.6. The number of rotatable bonds is 2. The van der Waals surface area contributed by atoms with Crippen molar-refractivity contribution in [2.45, 2.75) is 19.8 Å². The highest BCUT2D eigenvalue weighted by Gasteiger charge is 2.28. The summed E-state index contributed by atoms with van der Waals surface area (Å²) in [5, 5.41) is 0. The van der Waals surface area contributed by atoms with E-state index >= 15 is 0 Å².